The Morgan fingerprint density at radius 1 is 1.12 bits per heavy atom. The van der Waals surface area contributed by atoms with E-state index in [0.29, 0.717) is 0 Å². The highest BCUT2D eigenvalue weighted by atomic mass is 16.2. The topological polar surface area (TPSA) is 41.4 Å². The zero-order valence-electron chi connectivity index (χ0n) is 14.8. The predicted molar refractivity (Wildman–Crippen MR) is 94.7 cm³/mol. The van der Waals surface area contributed by atoms with Crippen LogP contribution in [-0.2, 0) is 11.3 Å². The number of aryl methyl sites for hydroxylation is 2. The van der Waals surface area contributed by atoms with Gasteiger partial charge in [0.2, 0.25) is 5.91 Å². The molecule has 0 spiro atoms. The number of hydrogen-bond donors (Lipinski definition) is 0. The van der Waals surface area contributed by atoms with Gasteiger partial charge in [0, 0.05) is 38.9 Å². The van der Waals surface area contributed by atoms with Gasteiger partial charge in [0.1, 0.15) is 6.04 Å². The molecule has 1 fully saturated rings. The SMILES string of the molecule is Cc1ccn(C(C)C(=O)N2CCN(Cc3ccccc3C)CC2)n1. The Hall–Kier alpha value is -2.14. The molecule has 1 atom stereocenters. The zero-order chi connectivity index (χ0) is 17.1. The van der Waals surface area contributed by atoms with E-state index in [0.717, 1.165) is 38.4 Å². The van der Waals surface area contributed by atoms with Gasteiger partial charge in [-0.1, -0.05) is 24.3 Å². The van der Waals surface area contributed by atoms with Gasteiger partial charge in [-0.25, -0.2) is 0 Å². The summed E-state index contributed by atoms with van der Waals surface area (Å²) in [5.41, 5.74) is 3.65. The van der Waals surface area contributed by atoms with Crippen molar-refractivity contribution in [2.75, 3.05) is 26.2 Å². The minimum Gasteiger partial charge on any atom is -0.338 e. The third-order valence-corrected chi connectivity index (χ3v) is 4.84. The average molecular weight is 326 g/mol. The molecule has 0 bridgehead atoms. The van der Waals surface area contributed by atoms with Crippen LogP contribution in [0.3, 0.4) is 0 Å². The van der Waals surface area contributed by atoms with Gasteiger partial charge in [0.25, 0.3) is 0 Å². The van der Waals surface area contributed by atoms with Gasteiger partial charge < -0.3 is 4.90 Å². The van der Waals surface area contributed by atoms with Crippen LogP contribution in [-0.4, -0.2) is 51.7 Å². The van der Waals surface area contributed by atoms with E-state index in [1.807, 2.05) is 31.0 Å². The molecule has 1 aromatic heterocycles. The van der Waals surface area contributed by atoms with Crippen molar-refractivity contribution in [1.82, 2.24) is 19.6 Å². The van der Waals surface area contributed by atoms with E-state index in [2.05, 4.69) is 41.2 Å². The molecule has 1 saturated heterocycles. The summed E-state index contributed by atoms with van der Waals surface area (Å²) in [4.78, 5) is 17.1. The van der Waals surface area contributed by atoms with Gasteiger partial charge in [-0.15, -0.1) is 0 Å². The molecular formula is C19H26N4O. The van der Waals surface area contributed by atoms with E-state index in [9.17, 15) is 4.79 Å². The Morgan fingerprint density at radius 2 is 1.83 bits per heavy atom. The second-order valence-electron chi connectivity index (χ2n) is 6.64. The van der Waals surface area contributed by atoms with Gasteiger partial charge in [-0.05, 0) is 38.0 Å². The van der Waals surface area contributed by atoms with Gasteiger partial charge in [-0.3, -0.25) is 14.4 Å². The van der Waals surface area contributed by atoms with Crippen LogP contribution < -0.4 is 0 Å². The molecule has 5 nitrogen and oxygen atoms in total. The fourth-order valence-electron chi connectivity index (χ4n) is 3.18. The minimum absolute atomic E-state index is 0.161. The van der Waals surface area contributed by atoms with Crippen LogP contribution >= 0.6 is 0 Å². The second-order valence-corrected chi connectivity index (χ2v) is 6.64. The van der Waals surface area contributed by atoms with Crippen molar-refractivity contribution in [1.29, 1.82) is 0 Å². The smallest absolute Gasteiger partial charge is 0.247 e. The lowest BCUT2D eigenvalue weighted by Gasteiger charge is -2.36. The van der Waals surface area contributed by atoms with Crippen LogP contribution in [0.15, 0.2) is 36.5 Å². The summed E-state index contributed by atoms with van der Waals surface area (Å²) < 4.78 is 1.76. The molecule has 0 saturated carbocycles. The third kappa shape index (κ3) is 3.67. The highest BCUT2D eigenvalue weighted by Gasteiger charge is 2.26. The molecule has 2 heterocycles. The summed E-state index contributed by atoms with van der Waals surface area (Å²) in [5.74, 6) is 0.161. The van der Waals surface area contributed by atoms with E-state index in [-0.39, 0.29) is 11.9 Å². The molecule has 1 aliphatic rings. The molecule has 1 aromatic carbocycles. The maximum Gasteiger partial charge on any atom is 0.247 e. The van der Waals surface area contributed by atoms with E-state index >= 15 is 0 Å². The van der Waals surface area contributed by atoms with E-state index in [1.54, 1.807) is 4.68 Å². The van der Waals surface area contributed by atoms with Crippen molar-refractivity contribution >= 4 is 5.91 Å². The Balaban J connectivity index is 1.55. The number of amides is 1. The fraction of sp³-hybridized carbons (Fsp3) is 0.474. The maximum atomic E-state index is 12.7. The summed E-state index contributed by atoms with van der Waals surface area (Å²) in [6, 6.07) is 10.2. The Bertz CT molecular complexity index is 701. The van der Waals surface area contributed by atoms with E-state index in [1.165, 1.54) is 11.1 Å². The molecular weight excluding hydrogens is 300 g/mol. The Labute approximate surface area is 143 Å². The third-order valence-electron chi connectivity index (χ3n) is 4.84. The first-order valence-corrected chi connectivity index (χ1v) is 8.62. The molecule has 128 valence electrons. The quantitative estimate of drug-likeness (QED) is 0.866. The van der Waals surface area contributed by atoms with Crippen LogP contribution in [0.1, 0.15) is 29.8 Å². The van der Waals surface area contributed by atoms with Crippen LogP contribution in [0.4, 0.5) is 0 Å². The first-order chi connectivity index (χ1) is 11.5. The summed E-state index contributed by atoms with van der Waals surface area (Å²) in [5, 5.41) is 4.37. The summed E-state index contributed by atoms with van der Waals surface area (Å²) in [6.45, 7) is 10.4. The fourth-order valence-corrected chi connectivity index (χ4v) is 3.18. The average Bonchev–Trinajstić information content (AvgIpc) is 3.03. The summed E-state index contributed by atoms with van der Waals surface area (Å²) in [6.07, 6.45) is 1.88. The number of rotatable bonds is 4. The minimum atomic E-state index is -0.235. The van der Waals surface area contributed by atoms with Gasteiger partial charge in [-0.2, -0.15) is 5.10 Å². The van der Waals surface area contributed by atoms with E-state index < -0.39 is 0 Å². The maximum absolute atomic E-state index is 12.7. The molecule has 1 unspecified atom stereocenters. The van der Waals surface area contributed by atoms with Crippen LogP contribution in [0, 0.1) is 13.8 Å². The number of benzene rings is 1. The van der Waals surface area contributed by atoms with Crippen molar-refractivity contribution in [2.24, 2.45) is 0 Å². The number of carbonyl (C=O) groups is 1. The number of piperazine rings is 1. The van der Waals surface area contributed by atoms with Crippen molar-refractivity contribution < 1.29 is 4.79 Å². The molecule has 24 heavy (non-hydrogen) atoms. The first-order valence-electron chi connectivity index (χ1n) is 8.62. The Morgan fingerprint density at radius 3 is 2.46 bits per heavy atom. The predicted octanol–water partition coefficient (Wildman–Crippen LogP) is 2.41. The van der Waals surface area contributed by atoms with Crippen LogP contribution in [0.2, 0.25) is 0 Å². The number of nitrogens with zero attached hydrogens (tertiary/aromatic N) is 4. The van der Waals surface area contributed by atoms with E-state index in [4.69, 9.17) is 0 Å². The highest BCUT2D eigenvalue weighted by molar-refractivity contribution is 5.80. The monoisotopic (exact) mass is 326 g/mol. The molecule has 1 aliphatic heterocycles. The van der Waals surface area contributed by atoms with Gasteiger partial charge in [0.05, 0.1) is 5.69 Å². The second kappa shape index (κ2) is 7.18. The van der Waals surface area contributed by atoms with Crippen molar-refractivity contribution in [3.05, 3.63) is 53.3 Å². The molecule has 3 rings (SSSR count). The molecule has 0 radical (unpaired) electrons. The lowest BCUT2D eigenvalue weighted by atomic mass is 10.1. The summed E-state index contributed by atoms with van der Waals surface area (Å²) >= 11 is 0. The van der Waals surface area contributed by atoms with Crippen LogP contribution in [0.25, 0.3) is 0 Å². The zero-order valence-corrected chi connectivity index (χ0v) is 14.8. The highest BCUT2D eigenvalue weighted by Crippen LogP contribution is 2.15. The number of hydrogen-bond acceptors (Lipinski definition) is 3. The standard InChI is InChI=1S/C19H26N4O/c1-15-6-4-5-7-18(15)14-21-10-12-22(13-11-21)19(24)17(3)23-9-8-16(2)20-23/h4-9,17H,10-14H2,1-3H3. The number of aromatic nitrogens is 2. The molecule has 1 amide bonds. The molecule has 0 aliphatic carbocycles. The largest absolute Gasteiger partial charge is 0.338 e. The van der Waals surface area contributed by atoms with Gasteiger partial charge in [0.15, 0.2) is 0 Å². The molecule has 5 heteroatoms. The van der Waals surface area contributed by atoms with Crippen molar-refractivity contribution in [3.63, 3.8) is 0 Å². The number of carbonyl (C=O) groups excluding carboxylic acids is 1. The molecule has 2 aromatic rings. The lowest BCUT2D eigenvalue weighted by Crippen LogP contribution is -2.50. The first kappa shape index (κ1) is 16.7. The Kier molecular flexibility index (Phi) is 5.00. The van der Waals surface area contributed by atoms with Gasteiger partial charge >= 0.3 is 0 Å². The lowest BCUT2D eigenvalue weighted by molar-refractivity contribution is -0.136. The normalized spacial score (nSPS) is 17.0. The summed E-state index contributed by atoms with van der Waals surface area (Å²) in [7, 11) is 0. The molecule has 0 N–H and O–H groups in total. The van der Waals surface area contributed by atoms with Crippen LogP contribution in [0.5, 0.6) is 0 Å². The van der Waals surface area contributed by atoms with Crippen molar-refractivity contribution in [3.8, 4) is 0 Å². The van der Waals surface area contributed by atoms with Crippen molar-refractivity contribution in [2.45, 2.75) is 33.4 Å².